The van der Waals surface area contributed by atoms with Crippen LogP contribution < -0.4 is 10.1 Å². The zero-order valence-electron chi connectivity index (χ0n) is 11.9. The topological polar surface area (TPSA) is 47.3 Å². The van der Waals surface area contributed by atoms with Crippen LogP contribution in [0.4, 0.5) is 0 Å². The maximum Gasteiger partial charge on any atom is 0.229 e. The third-order valence-electron chi connectivity index (χ3n) is 2.83. The largest absolute Gasteiger partial charge is 0.496 e. The molecule has 19 heavy (non-hydrogen) atoms. The van der Waals surface area contributed by atoms with E-state index in [1.807, 2.05) is 25.1 Å². The van der Waals surface area contributed by atoms with Crippen molar-refractivity contribution in [1.29, 1.82) is 0 Å². The van der Waals surface area contributed by atoms with Gasteiger partial charge in [-0.1, -0.05) is 25.5 Å². The lowest BCUT2D eigenvalue weighted by molar-refractivity contribution is 0.414. The van der Waals surface area contributed by atoms with Crippen LogP contribution >= 0.6 is 0 Å². The quantitative estimate of drug-likeness (QED) is 0.897. The van der Waals surface area contributed by atoms with Crippen molar-refractivity contribution >= 4 is 0 Å². The van der Waals surface area contributed by atoms with E-state index in [2.05, 4.69) is 24.1 Å². The highest BCUT2D eigenvalue weighted by Gasteiger charge is 2.12. The van der Waals surface area contributed by atoms with Gasteiger partial charge in [0.1, 0.15) is 12.0 Å². The number of aryl methyl sites for hydroxylation is 1. The minimum absolute atomic E-state index is 0.425. The normalized spacial score (nSPS) is 11.0. The van der Waals surface area contributed by atoms with Crippen LogP contribution in [0, 0.1) is 6.92 Å². The highest BCUT2D eigenvalue weighted by molar-refractivity contribution is 5.63. The molecule has 0 aliphatic carbocycles. The molecule has 1 heterocycles. The lowest BCUT2D eigenvalue weighted by atomic mass is 10.1. The first-order chi connectivity index (χ1) is 9.10. The van der Waals surface area contributed by atoms with Gasteiger partial charge in [0, 0.05) is 12.6 Å². The second kappa shape index (κ2) is 5.89. The van der Waals surface area contributed by atoms with Crippen LogP contribution in [-0.2, 0) is 6.54 Å². The van der Waals surface area contributed by atoms with E-state index in [9.17, 15) is 0 Å². The van der Waals surface area contributed by atoms with E-state index < -0.39 is 0 Å². The Bertz CT molecular complexity index is 547. The summed E-state index contributed by atoms with van der Waals surface area (Å²) in [6.45, 7) is 6.94. The van der Waals surface area contributed by atoms with Crippen LogP contribution in [-0.4, -0.2) is 18.1 Å². The first-order valence-corrected chi connectivity index (χ1v) is 6.43. The van der Waals surface area contributed by atoms with E-state index >= 15 is 0 Å². The number of aromatic nitrogens is 1. The minimum atomic E-state index is 0.425. The van der Waals surface area contributed by atoms with Crippen molar-refractivity contribution in [2.75, 3.05) is 7.11 Å². The van der Waals surface area contributed by atoms with Crippen LogP contribution in [0.15, 0.2) is 28.9 Å². The zero-order valence-corrected chi connectivity index (χ0v) is 11.9. The summed E-state index contributed by atoms with van der Waals surface area (Å²) in [5.41, 5.74) is 2.93. The predicted octanol–water partition coefficient (Wildman–Crippen LogP) is 3.16. The smallest absolute Gasteiger partial charge is 0.229 e. The molecule has 0 saturated heterocycles. The second-order valence-electron chi connectivity index (χ2n) is 4.88. The summed E-state index contributed by atoms with van der Waals surface area (Å²) in [6, 6.07) is 6.38. The van der Waals surface area contributed by atoms with Crippen molar-refractivity contribution < 1.29 is 9.15 Å². The van der Waals surface area contributed by atoms with Crippen LogP contribution in [0.25, 0.3) is 11.5 Å². The maximum absolute atomic E-state index is 5.55. The van der Waals surface area contributed by atoms with Gasteiger partial charge in [0.15, 0.2) is 0 Å². The number of rotatable bonds is 5. The summed E-state index contributed by atoms with van der Waals surface area (Å²) in [5, 5.41) is 3.31. The van der Waals surface area contributed by atoms with Gasteiger partial charge in [-0.3, -0.25) is 0 Å². The third-order valence-corrected chi connectivity index (χ3v) is 2.83. The van der Waals surface area contributed by atoms with E-state index in [1.165, 1.54) is 0 Å². The van der Waals surface area contributed by atoms with Gasteiger partial charge in [-0.15, -0.1) is 0 Å². The average molecular weight is 260 g/mol. The van der Waals surface area contributed by atoms with E-state index in [0.717, 1.165) is 22.6 Å². The molecular formula is C15H20N2O2. The number of benzene rings is 1. The average Bonchev–Trinajstić information content (AvgIpc) is 2.85. The van der Waals surface area contributed by atoms with Crippen molar-refractivity contribution in [3.8, 4) is 17.2 Å². The molecule has 0 spiro atoms. The molecule has 0 bridgehead atoms. The molecular weight excluding hydrogens is 240 g/mol. The second-order valence-corrected chi connectivity index (χ2v) is 4.88. The summed E-state index contributed by atoms with van der Waals surface area (Å²) in [4.78, 5) is 4.49. The predicted molar refractivity (Wildman–Crippen MR) is 75.2 cm³/mol. The van der Waals surface area contributed by atoms with Crippen LogP contribution in [0.3, 0.4) is 0 Å². The van der Waals surface area contributed by atoms with Gasteiger partial charge in [-0.05, 0) is 19.1 Å². The number of nitrogens with zero attached hydrogens (tertiary/aromatic N) is 1. The summed E-state index contributed by atoms with van der Waals surface area (Å²) >= 11 is 0. The standard InChI is InChI=1S/C15H20N2O2/c1-10(2)16-8-12-9-19-15(17-12)13-7-11(3)5-6-14(13)18-4/h5-7,9-10,16H,8H2,1-4H3. The van der Waals surface area contributed by atoms with Crippen LogP contribution in [0.1, 0.15) is 25.1 Å². The van der Waals surface area contributed by atoms with Gasteiger partial charge in [0.2, 0.25) is 5.89 Å². The number of oxazole rings is 1. The van der Waals surface area contributed by atoms with Gasteiger partial charge >= 0.3 is 0 Å². The fourth-order valence-corrected chi connectivity index (χ4v) is 1.81. The molecule has 0 radical (unpaired) electrons. The molecule has 4 nitrogen and oxygen atoms in total. The molecule has 2 aromatic rings. The van der Waals surface area contributed by atoms with E-state index in [-0.39, 0.29) is 0 Å². The summed E-state index contributed by atoms with van der Waals surface area (Å²) in [7, 11) is 1.65. The molecule has 2 rings (SSSR count). The molecule has 102 valence electrons. The molecule has 4 heteroatoms. The Kier molecular flexibility index (Phi) is 4.22. The molecule has 1 aromatic carbocycles. The lowest BCUT2D eigenvalue weighted by Gasteiger charge is -2.06. The van der Waals surface area contributed by atoms with Gasteiger partial charge in [-0.25, -0.2) is 4.98 Å². The zero-order chi connectivity index (χ0) is 13.8. The lowest BCUT2D eigenvalue weighted by Crippen LogP contribution is -2.21. The van der Waals surface area contributed by atoms with Crippen molar-refractivity contribution in [3.63, 3.8) is 0 Å². The monoisotopic (exact) mass is 260 g/mol. The summed E-state index contributed by atoms with van der Waals surface area (Å²) in [6.07, 6.45) is 1.69. The van der Waals surface area contributed by atoms with E-state index in [0.29, 0.717) is 18.5 Å². The first-order valence-electron chi connectivity index (χ1n) is 6.43. The number of hydrogen-bond acceptors (Lipinski definition) is 4. The number of hydrogen-bond donors (Lipinski definition) is 1. The Morgan fingerprint density at radius 1 is 1.37 bits per heavy atom. The highest BCUT2D eigenvalue weighted by atomic mass is 16.5. The maximum atomic E-state index is 5.55. The Balaban J connectivity index is 2.24. The van der Waals surface area contributed by atoms with Gasteiger partial charge < -0.3 is 14.5 Å². The molecule has 1 aromatic heterocycles. The van der Waals surface area contributed by atoms with Gasteiger partial charge in [0.25, 0.3) is 0 Å². The molecule has 0 aliphatic heterocycles. The first kappa shape index (κ1) is 13.6. The van der Waals surface area contributed by atoms with E-state index in [4.69, 9.17) is 9.15 Å². The molecule has 0 unspecified atom stereocenters. The minimum Gasteiger partial charge on any atom is -0.496 e. The summed E-state index contributed by atoms with van der Waals surface area (Å²) < 4.78 is 10.9. The van der Waals surface area contributed by atoms with Gasteiger partial charge in [0.05, 0.1) is 18.4 Å². The summed E-state index contributed by atoms with van der Waals surface area (Å²) in [5.74, 6) is 1.37. The molecule has 0 fully saturated rings. The Morgan fingerprint density at radius 2 is 2.16 bits per heavy atom. The van der Waals surface area contributed by atoms with Crippen molar-refractivity contribution in [3.05, 3.63) is 35.7 Å². The number of nitrogens with one attached hydrogen (secondary N) is 1. The Labute approximate surface area is 113 Å². The Hall–Kier alpha value is -1.81. The highest BCUT2D eigenvalue weighted by Crippen LogP contribution is 2.30. The molecule has 0 amide bonds. The molecule has 0 atom stereocenters. The molecule has 0 aliphatic rings. The molecule has 0 saturated carbocycles. The third kappa shape index (κ3) is 3.35. The van der Waals surface area contributed by atoms with Crippen molar-refractivity contribution in [2.24, 2.45) is 0 Å². The fraction of sp³-hybridized carbons (Fsp3) is 0.400. The van der Waals surface area contributed by atoms with Crippen LogP contribution in [0.5, 0.6) is 5.75 Å². The van der Waals surface area contributed by atoms with Crippen molar-refractivity contribution in [1.82, 2.24) is 10.3 Å². The fourth-order valence-electron chi connectivity index (χ4n) is 1.81. The van der Waals surface area contributed by atoms with E-state index in [1.54, 1.807) is 13.4 Å². The number of ether oxygens (including phenoxy) is 1. The van der Waals surface area contributed by atoms with Gasteiger partial charge in [-0.2, -0.15) is 0 Å². The SMILES string of the molecule is COc1ccc(C)cc1-c1nc(CNC(C)C)co1. The van der Waals surface area contributed by atoms with Crippen LogP contribution in [0.2, 0.25) is 0 Å². The Morgan fingerprint density at radius 3 is 2.84 bits per heavy atom. The molecule has 1 N–H and O–H groups in total. The van der Waals surface area contributed by atoms with Crippen molar-refractivity contribution in [2.45, 2.75) is 33.4 Å². The number of methoxy groups -OCH3 is 1.